The third-order valence-electron chi connectivity index (χ3n) is 6.04. The first-order valence-electron chi connectivity index (χ1n) is 10.3. The van der Waals surface area contributed by atoms with Gasteiger partial charge in [-0.1, -0.05) is 31.4 Å². The number of nitrogens with zero attached hydrogens (tertiary/aromatic N) is 1. The molecule has 0 saturated heterocycles. The van der Waals surface area contributed by atoms with Crippen molar-refractivity contribution in [2.75, 3.05) is 14.2 Å². The summed E-state index contributed by atoms with van der Waals surface area (Å²) in [6.07, 6.45) is -1.88. The second kappa shape index (κ2) is 8.84. The standard InChI is InChI=1S/C22H25F3N2O5/c1-13-17(19(29)32-3)21(22(23,24)25,20(30)27(13)14-9-5-4-6-10-14)26-18(28)15-11-7-8-12-16(15)31-2/h7-8,11-12,14H,4-6,9-10H2,1-3H3,(H,26,28)/t21-/m0/s1. The van der Waals surface area contributed by atoms with Gasteiger partial charge in [-0.2, -0.15) is 13.2 Å². The monoisotopic (exact) mass is 454 g/mol. The van der Waals surface area contributed by atoms with Gasteiger partial charge in [-0.25, -0.2) is 4.79 Å². The van der Waals surface area contributed by atoms with Crippen molar-refractivity contribution in [2.24, 2.45) is 0 Å². The molecule has 1 atom stereocenters. The quantitative estimate of drug-likeness (QED) is 0.690. The van der Waals surface area contributed by atoms with Crippen molar-refractivity contribution in [1.29, 1.82) is 0 Å². The predicted octanol–water partition coefficient (Wildman–Crippen LogP) is 3.35. The van der Waals surface area contributed by atoms with Crippen molar-refractivity contribution >= 4 is 17.8 Å². The fourth-order valence-corrected chi connectivity index (χ4v) is 4.53. The number of rotatable bonds is 5. The molecule has 0 unspecified atom stereocenters. The van der Waals surface area contributed by atoms with E-state index in [1.165, 1.54) is 32.2 Å². The highest BCUT2D eigenvalue weighted by Gasteiger charge is 2.71. The molecule has 1 aromatic carbocycles. The van der Waals surface area contributed by atoms with Crippen molar-refractivity contribution in [3.05, 3.63) is 41.1 Å². The number of allylic oxidation sites excluding steroid dienone is 1. The summed E-state index contributed by atoms with van der Waals surface area (Å²) in [5.74, 6) is -3.91. The highest BCUT2D eigenvalue weighted by Crippen LogP contribution is 2.47. The van der Waals surface area contributed by atoms with Gasteiger partial charge in [0.15, 0.2) is 0 Å². The van der Waals surface area contributed by atoms with Crippen LogP contribution < -0.4 is 10.1 Å². The Labute approximate surface area is 183 Å². The van der Waals surface area contributed by atoms with Crippen molar-refractivity contribution in [1.82, 2.24) is 10.2 Å². The molecule has 2 aliphatic rings. The molecule has 2 amide bonds. The Morgan fingerprint density at radius 3 is 2.31 bits per heavy atom. The Morgan fingerprint density at radius 2 is 1.75 bits per heavy atom. The third kappa shape index (κ3) is 3.71. The number of nitrogens with one attached hydrogen (secondary N) is 1. The number of hydrogen-bond donors (Lipinski definition) is 1. The highest BCUT2D eigenvalue weighted by atomic mass is 19.4. The fourth-order valence-electron chi connectivity index (χ4n) is 4.53. The van der Waals surface area contributed by atoms with Gasteiger partial charge >= 0.3 is 12.1 Å². The van der Waals surface area contributed by atoms with Crippen LogP contribution in [0.5, 0.6) is 5.75 Å². The van der Waals surface area contributed by atoms with Gasteiger partial charge in [-0.15, -0.1) is 0 Å². The zero-order chi connectivity index (χ0) is 23.7. The van der Waals surface area contributed by atoms with Gasteiger partial charge in [-0.3, -0.25) is 9.59 Å². The first kappa shape index (κ1) is 23.6. The topological polar surface area (TPSA) is 84.9 Å². The first-order valence-corrected chi connectivity index (χ1v) is 10.3. The molecule has 10 heteroatoms. The molecule has 7 nitrogen and oxygen atoms in total. The van der Waals surface area contributed by atoms with Gasteiger partial charge in [0.25, 0.3) is 17.4 Å². The van der Waals surface area contributed by atoms with Crippen molar-refractivity contribution in [2.45, 2.75) is 56.8 Å². The van der Waals surface area contributed by atoms with E-state index >= 15 is 0 Å². The van der Waals surface area contributed by atoms with Crippen LogP contribution in [0.2, 0.25) is 0 Å². The minimum Gasteiger partial charge on any atom is -0.496 e. The molecule has 0 aromatic heterocycles. The van der Waals surface area contributed by atoms with Crippen LogP contribution in [-0.4, -0.2) is 54.7 Å². The lowest BCUT2D eigenvalue weighted by molar-refractivity contribution is -0.193. The maximum absolute atomic E-state index is 14.7. The molecule has 0 bridgehead atoms. The van der Waals surface area contributed by atoms with Crippen LogP contribution in [0.3, 0.4) is 0 Å². The summed E-state index contributed by atoms with van der Waals surface area (Å²) in [5, 5.41) is 1.84. The highest BCUT2D eigenvalue weighted by molar-refractivity contribution is 6.12. The van der Waals surface area contributed by atoms with Crippen LogP contribution in [0.1, 0.15) is 49.4 Å². The van der Waals surface area contributed by atoms with Crippen LogP contribution in [-0.2, 0) is 14.3 Å². The largest absolute Gasteiger partial charge is 0.496 e. The third-order valence-corrected chi connectivity index (χ3v) is 6.04. The summed E-state index contributed by atoms with van der Waals surface area (Å²) >= 11 is 0. The molecular weight excluding hydrogens is 429 g/mol. The lowest BCUT2D eigenvalue weighted by Gasteiger charge is -2.36. The van der Waals surface area contributed by atoms with E-state index in [0.29, 0.717) is 12.8 Å². The minimum absolute atomic E-state index is 0.0252. The second-order valence-electron chi connectivity index (χ2n) is 7.82. The van der Waals surface area contributed by atoms with Crippen LogP contribution in [0.4, 0.5) is 13.2 Å². The summed E-state index contributed by atoms with van der Waals surface area (Å²) < 4.78 is 53.6. The number of hydrogen-bond acceptors (Lipinski definition) is 5. The van der Waals surface area contributed by atoms with Gasteiger partial charge < -0.3 is 19.7 Å². The summed E-state index contributed by atoms with van der Waals surface area (Å²) in [6.45, 7) is 1.28. The molecule has 1 fully saturated rings. The lowest BCUT2D eigenvalue weighted by atomic mass is 9.88. The summed E-state index contributed by atoms with van der Waals surface area (Å²) in [7, 11) is 2.20. The first-order chi connectivity index (χ1) is 15.1. The zero-order valence-corrected chi connectivity index (χ0v) is 18.0. The van der Waals surface area contributed by atoms with E-state index in [4.69, 9.17) is 4.74 Å². The van der Waals surface area contributed by atoms with E-state index in [1.807, 2.05) is 5.32 Å². The fraction of sp³-hybridized carbons (Fsp3) is 0.500. The van der Waals surface area contributed by atoms with Crippen molar-refractivity contribution in [3.63, 3.8) is 0 Å². The van der Waals surface area contributed by atoms with Crippen molar-refractivity contribution < 1.29 is 37.0 Å². The molecule has 1 aliphatic heterocycles. The van der Waals surface area contributed by atoms with E-state index in [0.717, 1.165) is 31.3 Å². The SMILES string of the molecule is COC(=O)C1=C(C)N(C2CCCCC2)C(=O)[C@]1(NC(=O)c1ccccc1OC)C(F)(F)F. The predicted molar refractivity (Wildman–Crippen MR) is 108 cm³/mol. The van der Waals surface area contributed by atoms with Gasteiger partial charge in [0.1, 0.15) is 11.3 Å². The lowest BCUT2D eigenvalue weighted by Crippen LogP contribution is -2.66. The van der Waals surface area contributed by atoms with E-state index < -0.39 is 41.1 Å². The Bertz CT molecular complexity index is 953. The average Bonchev–Trinajstić information content (AvgIpc) is 3.00. The van der Waals surface area contributed by atoms with Crippen LogP contribution in [0, 0.1) is 0 Å². The van der Waals surface area contributed by atoms with Gasteiger partial charge in [0, 0.05) is 11.7 Å². The van der Waals surface area contributed by atoms with Gasteiger partial charge in [0.05, 0.1) is 19.8 Å². The molecule has 1 heterocycles. The molecular formula is C22H25F3N2O5. The maximum atomic E-state index is 14.7. The molecule has 1 N–H and O–H groups in total. The minimum atomic E-state index is -5.31. The number of ether oxygens (including phenoxy) is 2. The molecule has 1 saturated carbocycles. The number of carbonyl (C=O) groups is 3. The molecule has 1 aliphatic carbocycles. The molecule has 174 valence electrons. The van der Waals surface area contributed by atoms with Crippen LogP contribution >= 0.6 is 0 Å². The molecule has 0 spiro atoms. The van der Waals surface area contributed by atoms with Gasteiger partial charge in [-0.05, 0) is 31.9 Å². The van der Waals surface area contributed by atoms with Crippen LogP contribution in [0.15, 0.2) is 35.5 Å². The smallest absolute Gasteiger partial charge is 0.425 e. The summed E-state index contributed by atoms with van der Waals surface area (Å²) in [5.41, 5.74) is -4.86. The second-order valence-corrected chi connectivity index (χ2v) is 7.82. The van der Waals surface area contributed by atoms with E-state index in [1.54, 1.807) is 6.07 Å². The summed E-state index contributed by atoms with van der Waals surface area (Å²) in [6, 6.07) is 5.17. The molecule has 0 radical (unpaired) electrons. The number of alkyl halides is 3. The summed E-state index contributed by atoms with van der Waals surface area (Å²) in [4.78, 5) is 40.0. The van der Waals surface area contributed by atoms with E-state index in [-0.39, 0.29) is 17.0 Å². The molecule has 32 heavy (non-hydrogen) atoms. The van der Waals surface area contributed by atoms with Gasteiger partial charge in [0.2, 0.25) is 0 Å². The number of esters is 1. The zero-order valence-electron chi connectivity index (χ0n) is 18.0. The Morgan fingerprint density at radius 1 is 1.12 bits per heavy atom. The number of methoxy groups -OCH3 is 2. The molecule has 3 rings (SSSR count). The van der Waals surface area contributed by atoms with Crippen LogP contribution in [0.25, 0.3) is 0 Å². The molecule has 1 aromatic rings. The Hall–Kier alpha value is -3.04. The number of amides is 2. The van der Waals surface area contributed by atoms with E-state index in [9.17, 15) is 27.6 Å². The maximum Gasteiger partial charge on any atom is 0.425 e. The number of halogens is 3. The number of benzene rings is 1. The normalized spacial score (nSPS) is 22.2. The Balaban J connectivity index is 2.16. The Kier molecular flexibility index (Phi) is 6.52. The number of para-hydroxylation sites is 1. The average molecular weight is 454 g/mol. The van der Waals surface area contributed by atoms with E-state index in [2.05, 4.69) is 4.74 Å². The number of carbonyl (C=O) groups excluding carboxylic acids is 3. The van der Waals surface area contributed by atoms with Crippen molar-refractivity contribution in [3.8, 4) is 5.75 Å².